The number of hydrogen-bond donors (Lipinski definition) is 0. The highest BCUT2D eigenvalue weighted by atomic mass is 16.5. The Morgan fingerprint density at radius 1 is 1.50 bits per heavy atom. The number of ether oxygens (including phenoxy) is 1. The Labute approximate surface area is 72.6 Å². The highest BCUT2D eigenvalue weighted by molar-refractivity contribution is 5.73. The van der Waals surface area contributed by atoms with Gasteiger partial charge in [-0.25, -0.2) is 0 Å². The maximum absolute atomic E-state index is 11.3. The Morgan fingerprint density at radius 2 is 2.42 bits per heavy atom. The minimum atomic E-state index is 0.0281. The van der Waals surface area contributed by atoms with E-state index < -0.39 is 0 Å². The summed E-state index contributed by atoms with van der Waals surface area (Å²) in [6.45, 7) is 0.618. The molecule has 2 aliphatic rings. The van der Waals surface area contributed by atoms with Crippen LogP contribution in [0.4, 0.5) is 0 Å². The summed E-state index contributed by atoms with van der Waals surface area (Å²) in [4.78, 5) is 11.3. The molecule has 1 saturated heterocycles. The molecule has 1 heterocycles. The zero-order chi connectivity index (χ0) is 8.39. The highest BCUT2D eigenvalue weighted by Gasteiger charge is 2.25. The SMILES string of the molecule is O=C1OCCCC2=CCCC1C2. The fraction of sp³-hybridized carbons (Fsp3) is 0.700. The minimum Gasteiger partial charge on any atom is -0.465 e. The molecule has 2 nitrogen and oxygen atoms in total. The van der Waals surface area contributed by atoms with Gasteiger partial charge in [0, 0.05) is 0 Å². The molecular formula is C10H14O2. The summed E-state index contributed by atoms with van der Waals surface area (Å²) in [7, 11) is 0. The van der Waals surface area contributed by atoms with E-state index in [1.165, 1.54) is 5.57 Å². The van der Waals surface area contributed by atoms with E-state index in [0.29, 0.717) is 6.61 Å². The van der Waals surface area contributed by atoms with Crippen LogP contribution in [-0.4, -0.2) is 12.6 Å². The topological polar surface area (TPSA) is 26.3 Å². The molecule has 0 radical (unpaired) electrons. The monoisotopic (exact) mass is 166 g/mol. The molecule has 0 aromatic rings. The summed E-state index contributed by atoms with van der Waals surface area (Å²) in [6, 6.07) is 0. The van der Waals surface area contributed by atoms with Crippen LogP contribution in [0.2, 0.25) is 0 Å². The predicted molar refractivity (Wildman–Crippen MR) is 45.6 cm³/mol. The van der Waals surface area contributed by atoms with Crippen LogP contribution in [0.5, 0.6) is 0 Å². The summed E-state index contributed by atoms with van der Waals surface area (Å²) in [5.74, 6) is 0.200. The zero-order valence-electron chi connectivity index (χ0n) is 7.21. The Morgan fingerprint density at radius 3 is 3.33 bits per heavy atom. The first-order chi connectivity index (χ1) is 5.86. The average molecular weight is 166 g/mol. The molecule has 1 fully saturated rings. The van der Waals surface area contributed by atoms with Crippen LogP contribution in [0.15, 0.2) is 11.6 Å². The van der Waals surface area contributed by atoms with Crippen molar-refractivity contribution in [1.29, 1.82) is 0 Å². The van der Waals surface area contributed by atoms with E-state index in [2.05, 4.69) is 6.08 Å². The molecule has 12 heavy (non-hydrogen) atoms. The van der Waals surface area contributed by atoms with E-state index in [1.54, 1.807) is 0 Å². The molecule has 66 valence electrons. The van der Waals surface area contributed by atoms with Crippen molar-refractivity contribution in [2.75, 3.05) is 6.61 Å². The number of rotatable bonds is 0. The van der Waals surface area contributed by atoms with Crippen LogP contribution >= 0.6 is 0 Å². The third-order valence-corrected chi connectivity index (χ3v) is 2.68. The minimum absolute atomic E-state index is 0.0281. The van der Waals surface area contributed by atoms with Crippen LogP contribution in [0, 0.1) is 5.92 Å². The van der Waals surface area contributed by atoms with Gasteiger partial charge in [-0.3, -0.25) is 4.79 Å². The first kappa shape index (κ1) is 7.84. The Bertz CT molecular complexity index is 218. The van der Waals surface area contributed by atoms with Gasteiger partial charge in [0.05, 0.1) is 12.5 Å². The van der Waals surface area contributed by atoms with Crippen LogP contribution in [0.25, 0.3) is 0 Å². The molecule has 0 N–H and O–H groups in total. The summed E-state index contributed by atoms with van der Waals surface area (Å²) in [5, 5.41) is 0. The zero-order valence-corrected chi connectivity index (χ0v) is 7.21. The number of cyclic esters (lactones) is 1. The molecule has 2 heteroatoms. The quantitative estimate of drug-likeness (QED) is 0.406. The molecule has 2 rings (SSSR count). The van der Waals surface area contributed by atoms with E-state index in [4.69, 9.17) is 4.74 Å². The van der Waals surface area contributed by atoms with Crippen molar-refractivity contribution < 1.29 is 9.53 Å². The van der Waals surface area contributed by atoms with Crippen molar-refractivity contribution in [2.45, 2.75) is 32.1 Å². The van der Waals surface area contributed by atoms with E-state index in [-0.39, 0.29) is 11.9 Å². The fourth-order valence-electron chi connectivity index (χ4n) is 1.99. The summed E-state index contributed by atoms with van der Waals surface area (Å²) in [6.07, 6.45) is 7.44. The van der Waals surface area contributed by atoms with Gasteiger partial charge in [-0.15, -0.1) is 0 Å². The molecule has 2 bridgehead atoms. The van der Waals surface area contributed by atoms with Crippen LogP contribution in [-0.2, 0) is 9.53 Å². The lowest BCUT2D eigenvalue weighted by Crippen LogP contribution is -2.23. The molecule has 1 unspecified atom stereocenters. The molecule has 0 saturated carbocycles. The van der Waals surface area contributed by atoms with E-state index in [1.807, 2.05) is 0 Å². The van der Waals surface area contributed by atoms with Crippen LogP contribution in [0.1, 0.15) is 32.1 Å². The van der Waals surface area contributed by atoms with E-state index >= 15 is 0 Å². The molecular weight excluding hydrogens is 152 g/mol. The molecule has 0 aromatic heterocycles. The van der Waals surface area contributed by atoms with Gasteiger partial charge in [0.2, 0.25) is 0 Å². The predicted octanol–water partition coefficient (Wildman–Crippen LogP) is 2.05. The largest absolute Gasteiger partial charge is 0.465 e. The van der Waals surface area contributed by atoms with Gasteiger partial charge in [-0.1, -0.05) is 11.6 Å². The number of fused-ring (bicyclic) bond motifs is 2. The van der Waals surface area contributed by atoms with Crippen molar-refractivity contribution in [3.63, 3.8) is 0 Å². The standard InChI is InChI=1S/C10H14O2/c11-10-9-5-1-3-8(7-9)4-2-6-12-10/h3,9H,1-2,4-7H2. The van der Waals surface area contributed by atoms with Gasteiger partial charge in [0.1, 0.15) is 0 Å². The molecule has 0 amide bonds. The van der Waals surface area contributed by atoms with Crippen molar-refractivity contribution in [1.82, 2.24) is 0 Å². The average Bonchev–Trinajstić information content (AvgIpc) is 2.11. The van der Waals surface area contributed by atoms with Crippen LogP contribution < -0.4 is 0 Å². The normalized spacial score (nSPS) is 29.8. The van der Waals surface area contributed by atoms with Gasteiger partial charge in [0.25, 0.3) is 0 Å². The maximum atomic E-state index is 11.3. The second-order valence-electron chi connectivity index (χ2n) is 3.61. The summed E-state index contributed by atoms with van der Waals surface area (Å²) < 4.78 is 5.10. The van der Waals surface area contributed by atoms with E-state index in [0.717, 1.165) is 32.1 Å². The Kier molecular flexibility index (Phi) is 2.15. The van der Waals surface area contributed by atoms with Gasteiger partial charge >= 0.3 is 5.97 Å². The number of carbonyl (C=O) groups excluding carboxylic acids is 1. The Balaban J connectivity index is 2.11. The number of carbonyl (C=O) groups is 1. The first-order valence-corrected chi connectivity index (χ1v) is 4.71. The first-order valence-electron chi connectivity index (χ1n) is 4.71. The van der Waals surface area contributed by atoms with Gasteiger partial charge < -0.3 is 4.74 Å². The van der Waals surface area contributed by atoms with Crippen molar-refractivity contribution in [2.24, 2.45) is 5.92 Å². The lowest BCUT2D eigenvalue weighted by atomic mass is 9.86. The molecule has 0 aromatic carbocycles. The molecule has 1 aliphatic carbocycles. The second kappa shape index (κ2) is 3.30. The number of esters is 1. The van der Waals surface area contributed by atoms with Gasteiger partial charge in [-0.2, -0.15) is 0 Å². The molecule has 1 atom stereocenters. The summed E-state index contributed by atoms with van der Waals surface area (Å²) in [5.41, 5.74) is 1.47. The smallest absolute Gasteiger partial charge is 0.309 e. The van der Waals surface area contributed by atoms with Gasteiger partial charge in [0.15, 0.2) is 0 Å². The Hall–Kier alpha value is -0.790. The van der Waals surface area contributed by atoms with Crippen LogP contribution in [0.3, 0.4) is 0 Å². The van der Waals surface area contributed by atoms with Crippen molar-refractivity contribution in [3.05, 3.63) is 11.6 Å². The molecule has 1 aliphatic heterocycles. The number of allylic oxidation sites excluding steroid dienone is 2. The summed E-state index contributed by atoms with van der Waals surface area (Å²) >= 11 is 0. The highest BCUT2D eigenvalue weighted by Crippen LogP contribution is 2.29. The van der Waals surface area contributed by atoms with Crippen molar-refractivity contribution >= 4 is 5.97 Å². The third kappa shape index (κ3) is 1.52. The lowest BCUT2D eigenvalue weighted by Gasteiger charge is -2.24. The fourth-order valence-corrected chi connectivity index (χ4v) is 1.99. The lowest BCUT2D eigenvalue weighted by molar-refractivity contribution is -0.149. The number of hydrogen-bond acceptors (Lipinski definition) is 2. The maximum Gasteiger partial charge on any atom is 0.309 e. The molecule has 0 spiro atoms. The van der Waals surface area contributed by atoms with Crippen molar-refractivity contribution in [3.8, 4) is 0 Å². The van der Waals surface area contributed by atoms with Gasteiger partial charge in [-0.05, 0) is 32.1 Å². The third-order valence-electron chi connectivity index (χ3n) is 2.68. The second-order valence-corrected chi connectivity index (χ2v) is 3.61. The van der Waals surface area contributed by atoms with E-state index in [9.17, 15) is 4.79 Å².